The van der Waals surface area contributed by atoms with E-state index in [1.165, 1.54) is 5.56 Å². The highest BCUT2D eigenvalue weighted by atomic mass is 16.5. The lowest BCUT2D eigenvalue weighted by atomic mass is 10.0. The smallest absolute Gasteiger partial charge is 0.164 e. The Bertz CT molecular complexity index is 747. The third-order valence-electron chi connectivity index (χ3n) is 4.72. The Morgan fingerprint density at radius 3 is 2.56 bits per heavy atom. The van der Waals surface area contributed by atoms with Gasteiger partial charge in [-0.05, 0) is 24.1 Å². The zero-order chi connectivity index (χ0) is 19.1. The Balaban J connectivity index is 1.52. The van der Waals surface area contributed by atoms with Crippen molar-refractivity contribution in [2.75, 3.05) is 33.9 Å². The second-order valence-corrected chi connectivity index (χ2v) is 6.60. The monoisotopic (exact) mass is 369 g/mol. The fourth-order valence-electron chi connectivity index (χ4n) is 3.25. The second kappa shape index (κ2) is 9.44. The summed E-state index contributed by atoms with van der Waals surface area (Å²) in [5.74, 6) is 1.95. The minimum Gasteiger partial charge on any atom is -0.493 e. The van der Waals surface area contributed by atoms with E-state index in [9.17, 15) is 5.11 Å². The Labute approximate surface area is 160 Å². The molecular formula is C22H27NO4. The van der Waals surface area contributed by atoms with Crippen molar-refractivity contribution >= 4 is 6.08 Å². The van der Waals surface area contributed by atoms with Crippen LogP contribution in [0.5, 0.6) is 17.2 Å². The zero-order valence-electron chi connectivity index (χ0n) is 15.9. The summed E-state index contributed by atoms with van der Waals surface area (Å²) in [6.45, 7) is 2.29. The molecule has 2 aromatic rings. The largest absolute Gasteiger partial charge is 0.493 e. The molecule has 1 saturated heterocycles. The molecule has 0 unspecified atom stereocenters. The van der Waals surface area contributed by atoms with Crippen molar-refractivity contribution in [1.82, 2.24) is 4.90 Å². The van der Waals surface area contributed by atoms with E-state index in [1.807, 2.05) is 30.3 Å². The van der Waals surface area contributed by atoms with E-state index in [-0.39, 0.29) is 6.10 Å². The highest BCUT2D eigenvalue weighted by molar-refractivity contribution is 5.48. The molecule has 1 aliphatic rings. The van der Waals surface area contributed by atoms with E-state index in [1.54, 1.807) is 20.3 Å². The first kappa shape index (κ1) is 19.3. The van der Waals surface area contributed by atoms with Gasteiger partial charge in [-0.1, -0.05) is 42.5 Å². The standard InChI is InChI=1S/C22H27NO4/c1-25-21-11-10-18(15-22(21)26-2)27-20-12-14-23(16-19(20)24)13-6-9-17-7-4-3-5-8-17/h3-11,15,19-20,24H,12-14,16H2,1-2H3/b9-6+/t19-,20-/m1/s1. The molecule has 0 amide bonds. The van der Waals surface area contributed by atoms with Crippen molar-refractivity contribution in [3.8, 4) is 17.2 Å². The molecule has 2 aromatic carbocycles. The van der Waals surface area contributed by atoms with Gasteiger partial charge in [-0.25, -0.2) is 0 Å². The summed E-state index contributed by atoms with van der Waals surface area (Å²) >= 11 is 0. The predicted molar refractivity (Wildman–Crippen MR) is 107 cm³/mol. The third-order valence-corrected chi connectivity index (χ3v) is 4.72. The molecule has 3 rings (SSSR count). The second-order valence-electron chi connectivity index (χ2n) is 6.60. The van der Waals surface area contributed by atoms with Crippen LogP contribution >= 0.6 is 0 Å². The molecule has 144 valence electrons. The molecule has 5 nitrogen and oxygen atoms in total. The fourth-order valence-corrected chi connectivity index (χ4v) is 3.25. The molecule has 1 fully saturated rings. The highest BCUT2D eigenvalue weighted by Crippen LogP contribution is 2.32. The molecule has 0 spiro atoms. The number of aliphatic hydroxyl groups is 1. The SMILES string of the molecule is COc1ccc(O[C@@H]2CCN(C/C=C/c3ccccc3)C[C@H]2O)cc1OC. The molecule has 0 radical (unpaired) electrons. The number of hydrogen-bond acceptors (Lipinski definition) is 5. The third kappa shape index (κ3) is 5.25. The van der Waals surface area contributed by atoms with Crippen LogP contribution in [0, 0.1) is 0 Å². The van der Waals surface area contributed by atoms with Gasteiger partial charge in [-0.3, -0.25) is 4.90 Å². The van der Waals surface area contributed by atoms with Gasteiger partial charge in [0.15, 0.2) is 11.5 Å². The van der Waals surface area contributed by atoms with Crippen molar-refractivity contribution in [2.24, 2.45) is 0 Å². The number of likely N-dealkylation sites (tertiary alicyclic amines) is 1. The predicted octanol–water partition coefficient (Wildman–Crippen LogP) is 3.23. The zero-order valence-corrected chi connectivity index (χ0v) is 15.9. The van der Waals surface area contributed by atoms with E-state index in [4.69, 9.17) is 14.2 Å². The Morgan fingerprint density at radius 1 is 1.07 bits per heavy atom. The average molecular weight is 369 g/mol. The van der Waals surface area contributed by atoms with Crippen molar-refractivity contribution in [2.45, 2.75) is 18.6 Å². The number of hydrogen-bond donors (Lipinski definition) is 1. The van der Waals surface area contributed by atoms with E-state index in [2.05, 4.69) is 29.2 Å². The van der Waals surface area contributed by atoms with E-state index < -0.39 is 6.10 Å². The van der Waals surface area contributed by atoms with E-state index in [0.717, 1.165) is 19.5 Å². The van der Waals surface area contributed by atoms with Crippen LogP contribution in [0.25, 0.3) is 6.08 Å². The van der Waals surface area contributed by atoms with Crippen LogP contribution in [-0.2, 0) is 0 Å². The van der Waals surface area contributed by atoms with Crippen LogP contribution in [0.1, 0.15) is 12.0 Å². The average Bonchev–Trinajstić information content (AvgIpc) is 2.70. The quantitative estimate of drug-likeness (QED) is 0.812. The maximum Gasteiger partial charge on any atom is 0.164 e. The first-order chi connectivity index (χ1) is 13.2. The molecule has 0 aromatic heterocycles. The number of aliphatic hydroxyl groups excluding tert-OH is 1. The minimum atomic E-state index is -0.531. The summed E-state index contributed by atoms with van der Waals surface area (Å²) < 4.78 is 16.6. The molecule has 27 heavy (non-hydrogen) atoms. The van der Waals surface area contributed by atoms with Crippen molar-refractivity contribution in [3.63, 3.8) is 0 Å². The van der Waals surface area contributed by atoms with Gasteiger partial charge in [0, 0.05) is 25.7 Å². The minimum absolute atomic E-state index is 0.225. The molecule has 0 bridgehead atoms. The number of ether oxygens (including phenoxy) is 3. The number of rotatable bonds is 7. The van der Waals surface area contributed by atoms with Gasteiger partial charge < -0.3 is 19.3 Å². The Morgan fingerprint density at radius 2 is 1.85 bits per heavy atom. The summed E-state index contributed by atoms with van der Waals surface area (Å²) in [5.41, 5.74) is 1.18. The summed E-state index contributed by atoms with van der Waals surface area (Å²) in [4.78, 5) is 2.23. The Kier molecular flexibility index (Phi) is 6.74. The molecule has 0 saturated carbocycles. The van der Waals surface area contributed by atoms with Gasteiger partial charge in [0.05, 0.1) is 14.2 Å². The van der Waals surface area contributed by atoms with E-state index in [0.29, 0.717) is 23.8 Å². The van der Waals surface area contributed by atoms with E-state index >= 15 is 0 Å². The van der Waals surface area contributed by atoms with Gasteiger partial charge in [0.1, 0.15) is 18.0 Å². The molecule has 2 atom stereocenters. The molecule has 1 N–H and O–H groups in total. The van der Waals surface area contributed by atoms with Crippen molar-refractivity contribution in [3.05, 3.63) is 60.2 Å². The fraction of sp³-hybridized carbons (Fsp3) is 0.364. The van der Waals surface area contributed by atoms with Gasteiger partial charge >= 0.3 is 0 Å². The maximum absolute atomic E-state index is 10.5. The number of piperidine rings is 1. The van der Waals surface area contributed by atoms with Crippen LogP contribution in [0.3, 0.4) is 0 Å². The maximum atomic E-state index is 10.5. The summed E-state index contributed by atoms with van der Waals surface area (Å²) in [7, 11) is 3.20. The molecule has 0 aliphatic carbocycles. The van der Waals surface area contributed by atoms with Crippen LogP contribution in [0.15, 0.2) is 54.6 Å². The lowest BCUT2D eigenvalue weighted by molar-refractivity contribution is -0.0221. The van der Waals surface area contributed by atoms with Gasteiger partial charge in [-0.2, -0.15) is 0 Å². The lowest BCUT2D eigenvalue weighted by Crippen LogP contribution is -2.48. The molecule has 1 heterocycles. The highest BCUT2D eigenvalue weighted by Gasteiger charge is 2.29. The number of nitrogens with zero attached hydrogens (tertiary/aromatic N) is 1. The Hall–Kier alpha value is -2.50. The number of methoxy groups -OCH3 is 2. The van der Waals surface area contributed by atoms with Crippen LogP contribution in [0.2, 0.25) is 0 Å². The number of β-amino-alcohol motifs (C(OH)–C–C–N with tert-alkyl or cyclic N) is 1. The first-order valence-corrected chi connectivity index (χ1v) is 9.20. The number of benzene rings is 2. The van der Waals surface area contributed by atoms with Crippen molar-refractivity contribution < 1.29 is 19.3 Å². The van der Waals surface area contributed by atoms with Gasteiger partial charge in [0.2, 0.25) is 0 Å². The van der Waals surface area contributed by atoms with Crippen LogP contribution < -0.4 is 14.2 Å². The summed E-state index contributed by atoms with van der Waals surface area (Å²) in [6.07, 6.45) is 4.26. The van der Waals surface area contributed by atoms with Crippen LogP contribution in [-0.4, -0.2) is 56.1 Å². The normalized spacial score (nSPS) is 20.6. The molecule has 5 heteroatoms. The summed E-state index contributed by atoms with van der Waals surface area (Å²) in [6, 6.07) is 15.7. The van der Waals surface area contributed by atoms with Crippen LogP contribution in [0.4, 0.5) is 0 Å². The molecule has 1 aliphatic heterocycles. The first-order valence-electron chi connectivity index (χ1n) is 9.20. The van der Waals surface area contributed by atoms with Gasteiger partial charge in [-0.15, -0.1) is 0 Å². The van der Waals surface area contributed by atoms with Gasteiger partial charge in [0.25, 0.3) is 0 Å². The lowest BCUT2D eigenvalue weighted by Gasteiger charge is -2.35. The molecular weight excluding hydrogens is 342 g/mol. The van der Waals surface area contributed by atoms with Crippen molar-refractivity contribution in [1.29, 1.82) is 0 Å². The summed E-state index contributed by atoms with van der Waals surface area (Å²) in [5, 5.41) is 10.5. The topological polar surface area (TPSA) is 51.2 Å².